The zero-order valence-corrected chi connectivity index (χ0v) is 33.0. The van der Waals surface area contributed by atoms with Crippen LogP contribution in [0.25, 0.3) is 64.0 Å². The number of hydrogen-bond acceptors (Lipinski definition) is 2. The van der Waals surface area contributed by atoms with E-state index in [2.05, 4.69) is 229 Å². The normalized spacial score (nSPS) is 12.9. The lowest BCUT2D eigenvalue weighted by Crippen LogP contribution is -2.28. The maximum Gasteiger partial charge on any atom is 0.0713 e. The van der Waals surface area contributed by atoms with Gasteiger partial charge in [-0.15, -0.1) is 11.3 Å². The summed E-state index contributed by atoms with van der Waals surface area (Å²) >= 11 is 1.86. The standard InChI is InChI=1S/C57H37NS/c1-4-18-38(19-5-1)55-47-28-12-10-24-43(47)44-25-11-13-29-48(44)56(55)58(42-33-35-54-50(37-42)46-27-15-17-31-53(46)59-54)41-32-34-52-49(36-41)45-26-14-16-30-51(45)57(52,39-20-6-2-7-21-39)40-22-8-3-9-23-40/h1-37H. The summed E-state index contributed by atoms with van der Waals surface area (Å²) in [6.45, 7) is 0. The van der Waals surface area contributed by atoms with Gasteiger partial charge >= 0.3 is 0 Å². The molecule has 1 aliphatic carbocycles. The van der Waals surface area contributed by atoms with Gasteiger partial charge in [-0.05, 0) is 91.5 Å². The third-order valence-electron chi connectivity index (χ3n) is 12.5. The van der Waals surface area contributed by atoms with Crippen LogP contribution in [-0.4, -0.2) is 0 Å². The third-order valence-corrected chi connectivity index (χ3v) is 13.7. The molecule has 0 aliphatic heterocycles. The molecule has 11 aromatic rings. The summed E-state index contributed by atoms with van der Waals surface area (Å²) in [6.07, 6.45) is 0. The van der Waals surface area contributed by atoms with Gasteiger partial charge in [0.1, 0.15) is 0 Å². The van der Waals surface area contributed by atoms with E-state index in [-0.39, 0.29) is 0 Å². The topological polar surface area (TPSA) is 3.24 Å². The van der Waals surface area contributed by atoms with Crippen LogP contribution in [0.4, 0.5) is 17.1 Å². The van der Waals surface area contributed by atoms with Crippen molar-refractivity contribution in [2.24, 2.45) is 0 Å². The lowest BCUT2D eigenvalue weighted by molar-refractivity contribution is 0.768. The molecule has 276 valence electrons. The van der Waals surface area contributed by atoms with Gasteiger partial charge in [0.05, 0.1) is 11.1 Å². The van der Waals surface area contributed by atoms with Crippen LogP contribution in [0.15, 0.2) is 224 Å². The predicted molar refractivity (Wildman–Crippen MR) is 252 cm³/mol. The Bertz CT molecular complexity index is 3340. The zero-order chi connectivity index (χ0) is 38.9. The van der Waals surface area contributed by atoms with Gasteiger partial charge in [0.2, 0.25) is 0 Å². The Morgan fingerprint density at radius 1 is 0.339 bits per heavy atom. The molecule has 0 saturated carbocycles. The molecule has 0 bridgehead atoms. The molecule has 0 spiro atoms. The molecule has 0 atom stereocenters. The minimum absolute atomic E-state index is 0.475. The lowest BCUT2D eigenvalue weighted by Gasteiger charge is -2.34. The molecule has 0 N–H and O–H groups in total. The molecule has 0 unspecified atom stereocenters. The zero-order valence-electron chi connectivity index (χ0n) is 32.2. The van der Waals surface area contributed by atoms with Crippen molar-refractivity contribution in [3.63, 3.8) is 0 Å². The number of fused-ring (bicyclic) bond motifs is 9. The molecule has 0 saturated heterocycles. The first-order valence-corrected chi connectivity index (χ1v) is 21.2. The smallest absolute Gasteiger partial charge is 0.0713 e. The second kappa shape index (κ2) is 13.4. The van der Waals surface area contributed by atoms with E-state index in [0.29, 0.717) is 0 Å². The summed E-state index contributed by atoms with van der Waals surface area (Å²) in [5, 5.41) is 7.51. The molecule has 1 nitrogen and oxygen atoms in total. The molecule has 0 amide bonds. The fourth-order valence-corrected chi connectivity index (χ4v) is 11.2. The van der Waals surface area contributed by atoms with E-state index in [1.165, 1.54) is 91.9 Å². The molecular weight excluding hydrogens is 731 g/mol. The molecular formula is C57H37NS. The largest absolute Gasteiger partial charge is 0.309 e. The van der Waals surface area contributed by atoms with Crippen LogP contribution < -0.4 is 4.90 Å². The SMILES string of the molecule is c1ccc(-c2c(N(c3ccc4c(c3)-c3ccccc3C4(c3ccccc3)c3ccccc3)c3ccc4sc5ccccc5c4c3)c3ccccc3c3ccccc23)cc1. The predicted octanol–water partition coefficient (Wildman–Crippen LogP) is 15.9. The molecule has 2 heteroatoms. The molecule has 0 fully saturated rings. The minimum Gasteiger partial charge on any atom is -0.309 e. The molecule has 1 heterocycles. The molecule has 10 aromatic carbocycles. The fourth-order valence-electron chi connectivity index (χ4n) is 10.1. The van der Waals surface area contributed by atoms with Crippen molar-refractivity contribution >= 4 is 70.1 Å². The van der Waals surface area contributed by atoms with Crippen LogP contribution in [0.2, 0.25) is 0 Å². The van der Waals surface area contributed by atoms with Crippen molar-refractivity contribution in [2.45, 2.75) is 5.41 Å². The van der Waals surface area contributed by atoms with E-state index >= 15 is 0 Å². The quantitative estimate of drug-likeness (QED) is 0.152. The summed E-state index contributed by atoms with van der Waals surface area (Å²) < 4.78 is 2.60. The number of benzene rings is 10. The average molecular weight is 768 g/mol. The first kappa shape index (κ1) is 33.8. The Morgan fingerprint density at radius 2 is 0.847 bits per heavy atom. The van der Waals surface area contributed by atoms with Crippen LogP contribution in [0.1, 0.15) is 22.3 Å². The van der Waals surface area contributed by atoms with Crippen molar-refractivity contribution in [1.82, 2.24) is 0 Å². The van der Waals surface area contributed by atoms with Gasteiger partial charge < -0.3 is 4.90 Å². The molecule has 59 heavy (non-hydrogen) atoms. The minimum atomic E-state index is -0.475. The summed E-state index contributed by atoms with van der Waals surface area (Å²) in [6, 6.07) is 83.2. The molecule has 1 aliphatic rings. The Balaban J connectivity index is 1.21. The van der Waals surface area contributed by atoms with E-state index in [9.17, 15) is 0 Å². The van der Waals surface area contributed by atoms with Gasteiger partial charge in [-0.2, -0.15) is 0 Å². The fraction of sp³-hybridized carbons (Fsp3) is 0.0175. The third kappa shape index (κ3) is 5.03. The summed E-state index contributed by atoms with van der Waals surface area (Å²) in [5.41, 5.74) is 13.0. The highest BCUT2D eigenvalue weighted by Gasteiger charge is 2.46. The Labute approximate surface area is 347 Å². The average Bonchev–Trinajstić information content (AvgIpc) is 3.83. The van der Waals surface area contributed by atoms with Crippen LogP contribution in [0.5, 0.6) is 0 Å². The monoisotopic (exact) mass is 767 g/mol. The number of hydrogen-bond donors (Lipinski definition) is 0. The number of thiophene rings is 1. The Kier molecular flexibility index (Phi) is 7.69. The van der Waals surface area contributed by atoms with Crippen LogP contribution in [0.3, 0.4) is 0 Å². The van der Waals surface area contributed by atoms with Crippen molar-refractivity contribution in [3.8, 4) is 22.3 Å². The van der Waals surface area contributed by atoms with Crippen molar-refractivity contribution in [1.29, 1.82) is 0 Å². The molecule has 1 aromatic heterocycles. The van der Waals surface area contributed by atoms with Gasteiger partial charge in [-0.3, -0.25) is 0 Å². The van der Waals surface area contributed by atoms with Gasteiger partial charge in [-0.25, -0.2) is 0 Å². The highest BCUT2D eigenvalue weighted by Crippen LogP contribution is 2.58. The van der Waals surface area contributed by atoms with Gasteiger partial charge in [0, 0.05) is 42.5 Å². The van der Waals surface area contributed by atoms with Crippen molar-refractivity contribution < 1.29 is 0 Å². The number of rotatable bonds is 6. The first-order chi connectivity index (χ1) is 29.3. The summed E-state index contributed by atoms with van der Waals surface area (Å²) in [4.78, 5) is 2.55. The van der Waals surface area contributed by atoms with Crippen LogP contribution in [-0.2, 0) is 5.41 Å². The van der Waals surface area contributed by atoms with Crippen molar-refractivity contribution in [2.75, 3.05) is 4.90 Å². The van der Waals surface area contributed by atoms with E-state index in [0.717, 1.165) is 11.4 Å². The maximum atomic E-state index is 2.55. The first-order valence-electron chi connectivity index (χ1n) is 20.3. The van der Waals surface area contributed by atoms with Gasteiger partial charge in [0.15, 0.2) is 0 Å². The van der Waals surface area contributed by atoms with E-state index < -0.39 is 5.41 Å². The van der Waals surface area contributed by atoms with Gasteiger partial charge in [0.25, 0.3) is 0 Å². The summed E-state index contributed by atoms with van der Waals surface area (Å²) in [5.74, 6) is 0. The highest BCUT2D eigenvalue weighted by molar-refractivity contribution is 7.25. The number of nitrogens with zero attached hydrogens (tertiary/aromatic N) is 1. The number of anilines is 3. The lowest BCUT2D eigenvalue weighted by atomic mass is 9.68. The van der Waals surface area contributed by atoms with Crippen LogP contribution >= 0.6 is 11.3 Å². The van der Waals surface area contributed by atoms with Gasteiger partial charge in [-0.1, -0.05) is 188 Å². The van der Waals surface area contributed by atoms with E-state index in [1.54, 1.807) is 0 Å². The highest BCUT2D eigenvalue weighted by atomic mass is 32.1. The van der Waals surface area contributed by atoms with Crippen molar-refractivity contribution in [3.05, 3.63) is 247 Å². The molecule has 12 rings (SSSR count). The molecule has 0 radical (unpaired) electrons. The Morgan fingerprint density at radius 3 is 1.58 bits per heavy atom. The second-order valence-corrected chi connectivity index (χ2v) is 16.6. The van der Waals surface area contributed by atoms with Crippen LogP contribution in [0, 0.1) is 0 Å². The van der Waals surface area contributed by atoms with E-state index in [4.69, 9.17) is 0 Å². The Hall–Kier alpha value is -7.26. The maximum absolute atomic E-state index is 2.55. The van der Waals surface area contributed by atoms with E-state index in [1.807, 2.05) is 11.3 Å². The second-order valence-electron chi connectivity index (χ2n) is 15.6. The summed E-state index contributed by atoms with van der Waals surface area (Å²) in [7, 11) is 0.